The second-order valence-electron chi connectivity index (χ2n) is 3.08. The summed E-state index contributed by atoms with van der Waals surface area (Å²) in [4.78, 5) is 0. The molecule has 1 heteroatoms. The van der Waals surface area contributed by atoms with Crippen LogP contribution in [0.25, 0.3) is 0 Å². The molecule has 0 bridgehead atoms. The average molecular weight is 144 g/mol. The zero-order valence-corrected chi connectivity index (χ0v) is 7.43. The zero-order chi connectivity index (χ0) is 7.98. The lowest BCUT2D eigenvalue weighted by Crippen LogP contribution is -2.15. The number of hydrogen-bond acceptors (Lipinski definition) is 1. The van der Waals surface area contributed by atoms with Crippen molar-refractivity contribution < 1.29 is 5.11 Å². The summed E-state index contributed by atoms with van der Waals surface area (Å²) in [6.07, 6.45) is 4.61. The first-order valence-electron chi connectivity index (χ1n) is 4.40. The smallest absolute Gasteiger partial charge is 0.0540 e. The van der Waals surface area contributed by atoms with Crippen LogP contribution in [0.2, 0.25) is 0 Å². The summed E-state index contributed by atoms with van der Waals surface area (Å²) < 4.78 is 0. The second kappa shape index (κ2) is 5.72. The van der Waals surface area contributed by atoms with E-state index in [0.29, 0.717) is 5.92 Å². The highest BCUT2D eigenvalue weighted by atomic mass is 16.3. The Hall–Kier alpha value is -0.0400. The van der Waals surface area contributed by atoms with Gasteiger partial charge in [0.25, 0.3) is 0 Å². The van der Waals surface area contributed by atoms with Crippen molar-refractivity contribution in [1.82, 2.24) is 0 Å². The maximum Gasteiger partial charge on any atom is 0.0540 e. The van der Waals surface area contributed by atoms with Crippen LogP contribution >= 0.6 is 0 Å². The van der Waals surface area contributed by atoms with Crippen LogP contribution in [0.3, 0.4) is 0 Å². The Morgan fingerprint density at radius 1 is 1.10 bits per heavy atom. The van der Waals surface area contributed by atoms with Crippen molar-refractivity contribution in [2.24, 2.45) is 5.92 Å². The van der Waals surface area contributed by atoms with E-state index >= 15 is 0 Å². The van der Waals surface area contributed by atoms with E-state index in [1.165, 1.54) is 25.7 Å². The molecule has 1 atom stereocenters. The molecule has 0 radical (unpaired) electrons. The molecule has 0 amide bonds. The third-order valence-electron chi connectivity index (χ3n) is 2.00. The maximum absolute atomic E-state index is 9.27. The van der Waals surface area contributed by atoms with Gasteiger partial charge in [0.15, 0.2) is 0 Å². The molecular formula is C9H20O. The van der Waals surface area contributed by atoms with Crippen LogP contribution in [0.5, 0.6) is 0 Å². The summed E-state index contributed by atoms with van der Waals surface area (Å²) in [6.45, 7) is 6.24. The summed E-state index contributed by atoms with van der Waals surface area (Å²) in [5.41, 5.74) is 0. The van der Waals surface area contributed by atoms with Gasteiger partial charge in [0.2, 0.25) is 0 Å². The molecule has 0 rings (SSSR count). The number of hydrogen-bond donors (Lipinski definition) is 1. The summed E-state index contributed by atoms with van der Waals surface area (Å²) in [5, 5.41) is 9.27. The Bertz CT molecular complexity index is 63.1. The van der Waals surface area contributed by atoms with Gasteiger partial charge in [-0.1, -0.05) is 26.7 Å². The molecule has 0 aliphatic carbocycles. The van der Waals surface area contributed by atoms with Crippen LogP contribution in [0, 0.1) is 5.92 Å². The van der Waals surface area contributed by atoms with E-state index in [9.17, 15) is 5.11 Å². The Balaban J connectivity index is 3.50. The number of aliphatic hydroxyl groups is 1. The number of aliphatic hydroxyl groups excluding tert-OH is 1. The van der Waals surface area contributed by atoms with Gasteiger partial charge >= 0.3 is 0 Å². The predicted molar refractivity (Wildman–Crippen MR) is 45.0 cm³/mol. The second-order valence-corrected chi connectivity index (χ2v) is 3.08. The molecule has 0 heterocycles. The first-order chi connectivity index (χ1) is 4.72. The molecule has 0 saturated carbocycles. The van der Waals surface area contributed by atoms with E-state index in [1.54, 1.807) is 0 Å². The highest BCUT2D eigenvalue weighted by Gasteiger charge is 2.11. The largest absolute Gasteiger partial charge is 0.393 e. The van der Waals surface area contributed by atoms with Gasteiger partial charge in [-0.05, 0) is 25.7 Å². The van der Waals surface area contributed by atoms with Gasteiger partial charge in [-0.15, -0.1) is 0 Å². The Morgan fingerprint density at radius 3 is 1.70 bits per heavy atom. The van der Waals surface area contributed by atoms with E-state index < -0.39 is 0 Å². The topological polar surface area (TPSA) is 20.2 Å². The molecule has 0 aromatic carbocycles. The van der Waals surface area contributed by atoms with Crippen molar-refractivity contribution >= 4 is 0 Å². The molecule has 0 unspecified atom stereocenters. The molecule has 0 saturated heterocycles. The summed E-state index contributed by atoms with van der Waals surface area (Å²) in [6, 6.07) is 0. The van der Waals surface area contributed by atoms with Crippen LogP contribution in [0.15, 0.2) is 0 Å². The van der Waals surface area contributed by atoms with Gasteiger partial charge in [-0.25, -0.2) is 0 Å². The quantitative estimate of drug-likeness (QED) is 0.628. The lowest BCUT2D eigenvalue weighted by molar-refractivity contribution is 0.113. The molecule has 10 heavy (non-hydrogen) atoms. The minimum atomic E-state index is -0.111. The highest BCUT2D eigenvalue weighted by molar-refractivity contribution is 4.63. The van der Waals surface area contributed by atoms with Gasteiger partial charge in [0.05, 0.1) is 6.10 Å². The molecule has 62 valence electrons. The van der Waals surface area contributed by atoms with Gasteiger partial charge in [-0.3, -0.25) is 0 Å². The molecule has 0 aromatic rings. The Kier molecular flexibility index (Phi) is 5.70. The molecular weight excluding hydrogens is 124 g/mol. The third-order valence-corrected chi connectivity index (χ3v) is 2.00. The third kappa shape index (κ3) is 3.89. The zero-order valence-electron chi connectivity index (χ0n) is 7.43. The SMILES string of the molecule is CCCC(CCC)[C@H](C)O. The van der Waals surface area contributed by atoms with Crippen molar-refractivity contribution in [2.75, 3.05) is 0 Å². The summed E-state index contributed by atoms with van der Waals surface area (Å²) in [7, 11) is 0. The first-order valence-corrected chi connectivity index (χ1v) is 4.40. The van der Waals surface area contributed by atoms with Gasteiger partial charge in [0, 0.05) is 0 Å². The van der Waals surface area contributed by atoms with Crippen molar-refractivity contribution in [1.29, 1.82) is 0 Å². The van der Waals surface area contributed by atoms with E-state index in [1.807, 2.05) is 6.92 Å². The van der Waals surface area contributed by atoms with E-state index in [4.69, 9.17) is 0 Å². The normalized spacial score (nSPS) is 14.1. The summed E-state index contributed by atoms with van der Waals surface area (Å²) >= 11 is 0. The fourth-order valence-electron chi connectivity index (χ4n) is 1.37. The highest BCUT2D eigenvalue weighted by Crippen LogP contribution is 2.16. The molecule has 0 aliphatic heterocycles. The fraction of sp³-hybridized carbons (Fsp3) is 1.00. The van der Waals surface area contributed by atoms with Crippen LogP contribution in [0.4, 0.5) is 0 Å². The van der Waals surface area contributed by atoms with Crippen molar-refractivity contribution in [3.8, 4) is 0 Å². The molecule has 1 nitrogen and oxygen atoms in total. The molecule has 0 aromatic heterocycles. The van der Waals surface area contributed by atoms with Gasteiger partial charge < -0.3 is 5.11 Å². The first kappa shape index (κ1) is 9.96. The van der Waals surface area contributed by atoms with Crippen molar-refractivity contribution in [3.63, 3.8) is 0 Å². The molecule has 0 fully saturated rings. The molecule has 1 N–H and O–H groups in total. The van der Waals surface area contributed by atoms with Crippen LogP contribution < -0.4 is 0 Å². The minimum Gasteiger partial charge on any atom is -0.393 e. The average Bonchev–Trinajstić information content (AvgIpc) is 1.87. The van der Waals surface area contributed by atoms with Crippen molar-refractivity contribution in [2.45, 2.75) is 52.6 Å². The Labute approximate surface area is 64.5 Å². The Morgan fingerprint density at radius 2 is 1.50 bits per heavy atom. The molecule has 0 aliphatic rings. The standard InChI is InChI=1S/C9H20O/c1-4-6-9(7-5-2)8(3)10/h8-10H,4-7H2,1-3H3/t8-/m0/s1. The lowest BCUT2D eigenvalue weighted by Gasteiger charge is -2.17. The predicted octanol–water partition coefficient (Wildman–Crippen LogP) is 2.58. The van der Waals surface area contributed by atoms with Crippen molar-refractivity contribution in [3.05, 3.63) is 0 Å². The number of rotatable bonds is 5. The minimum absolute atomic E-state index is 0.111. The monoisotopic (exact) mass is 144 g/mol. The van der Waals surface area contributed by atoms with Crippen LogP contribution in [0.1, 0.15) is 46.5 Å². The van der Waals surface area contributed by atoms with E-state index in [2.05, 4.69) is 13.8 Å². The van der Waals surface area contributed by atoms with Gasteiger partial charge in [-0.2, -0.15) is 0 Å². The molecule has 0 spiro atoms. The van der Waals surface area contributed by atoms with E-state index in [0.717, 1.165) is 0 Å². The lowest BCUT2D eigenvalue weighted by atomic mass is 9.93. The van der Waals surface area contributed by atoms with Gasteiger partial charge in [0.1, 0.15) is 0 Å². The van der Waals surface area contributed by atoms with E-state index in [-0.39, 0.29) is 6.10 Å². The van der Waals surface area contributed by atoms with Crippen LogP contribution in [-0.4, -0.2) is 11.2 Å². The maximum atomic E-state index is 9.27. The van der Waals surface area contributed by atoms with Crippen LogP contribution in [-0.2, 0) is 0 Å². The summed E-state index contributed by atoms with van der Waals surface area (Å²) in [5.74, 6) is 0.537. The fourth-order valence-corrected chi connectivity index (χ4v) is 1.37.